The van der Waals surface area contributed by atoms with Crippen molar-refractivity contribution in [1.82, 2.24) is 4.68 Å². The number of aryl methyl sites for hydroxylation is 3. The van der Waals surface area contributed by atoms with Gasteiger partial charge in [0.05, 0.1) is 0 Å². The molecule has 0 fully saturated rings. The fraction of sp³-hybridized carbons (Fsp3) is 0.143. The molecule has 3 aromatic rings. The molecule has 2 N–H and O–H groups in total. The monoisotopic (exact) mass is 347 g/mol. The molecular weight excluding hydrogens is 326 g/mol. The number of anilines is 1. The molecule has 0 atom stereocenters. The van der Waals surface area contributed by atoms with Gasteiger partial charge >= 0.3 is 0 Å². The number of carbonyl (C=O) groups excluding carboxylic acids is 2. The molecule has 132 valence electrons. The van der Waals surface area contributed by atoms with Gasteiger partial charge in [-0.3, -0.25) is 19.7 Å². The minimum absolute atomic E-state index is 0.197. The van der Waals surface area contributed by atoms with Gasteiger partial charge in [-0.1, -0.05) is 24.3 Å². The summed E-state index contributed by atoms with van der Waals surface area (Å²) in [6, 6.07) is 18.2. The highest BCUT2D eigenvalue weighted by Crippen LogP contribution is 2.15. The Morgan fingerprint density at radius 1 is 0.808 bits per heavy atom. The average molecular weight is 347 g/mol. The summed E-state index contributed by atoms with van der Waals surface area (Å²) in [6.07, 6.45) is 0. The number of benzene rings is 2. The van der Waals surface area contributed by atoms with E-state index in [1.807, 2.05) is 51.1 Å². The van der Waals surface area contributed by atoms with Gasteiger partial charge in [0, 0.05) is 28.2 Å². The molecule has 0 saturated carbocycles. The molecule has 2 amide bonds. The van der Waals surface area contributed by atoms with Crippen LogP contribution in [-0.2, 0) is 0 Å². The van der Waals surface area contributed by atoms with Crippen molar-refractivity contribution < 1.29 is 9.59 Å². The minimum Gasteiger partial charge on any atom is -0.322 e. The molecule has 5 nitrogen and oxygen atoms in total. The zero-order chi connectivity index (χ0) is 18.7. The first-order chi connectivity index (χ1) is 12.5. The van der Waals surface area contributed by atoms with Crippen molar-refractivity contribution in [2.45, 2.75) is 20.8 Å². The number of aromatic nitrogens is 1. The average Bonchev–Trinajstić information content (AvgIpc) is 2.94. The highest BCUT2D eigenvalue weighted by atomic mass is 16.2. The summed E-state index contributed by atoms with van der Waals surface area (Å²) in [7, 11) is 0. The van der Waals surface area contributed by atoms with Crippen LogP contribution in [0.2, 0.25) is 0 Å². The highest BCUT2D eigenvalue weighted by Gasteiger charge is 2.12. The van der Waals surface area contributed by atoms with Crippen LogP contribution in [0, 0.1) is 20.8 Å². The Morgan fingerprint density at radius 2 is 1.50 bits per heavy atom. The number of nitrogens with zero attached hydrogens (tertiary/aromatic N) is 1. The van der Waals surface area contributed by atoms with E-state index in [4.69, 9.17) is 0 Å². The standard InChI is InChI=1S/C21H21N3O2/c1-14-7-4-5-10-19(14)21(26)22-18-9-6-8-17(13-18)20(25)23-24-15(2)11-12-16(24)3/h4-13H,1-3H3,(H,22,26)(H,23,25). The fourth-order valence-corrected chi connectivity index (χ4v) is 2.78. The molecule has 2 aromatic carbocycles. The lowest BCUT2D eigenvalue weighted by Gasteiger charge is -2.12. The summed E-state index contributed by atoms with van der Waals surface area (Å²) in [4.78, 5) is 25.0. The Bertz CT molecular complexity index is 953. The van der Waals surface area contributed by atoms with Crippen LogP contribution in [0.3, 0.4) is 0 Å². The topological polar surface area (TPSA) is 63.1 Å². The van der Waals surface area contributed by atoms with Gasteiger partial charge < -0.3 is 5.32 Å². The zero-order valence-electron chi connectivity index (χ0n) is 15.0. The van der Waals surface area contributed by atoms with Crippen LogP contribution >= 0.6 is 0 Å². The molecule has 1 aromatic heterocycles. The maximum absolute atomic E-state index is 12.5. The van der Waals surface area contributed by atoms with Gasteiger partial charge in [-0.15, -0.1) is 0 Å². The van der Waals surface area contributed by atoms with Crippen LogP contribution in [0.4, 0.5) is 5.69 Å². The third kappa shape index (κ3) is 3.67. The number of carbonyl (C=O) groups is 2. The van der Waals surface area contributed by atoms with Crippen molar-refractivity contribution in [3.05, 3.63) is 88.7 Å². The number of hydrogen-bond acceptors (Lipinski definition) is 2. The van der Waals surface area contributed by atoms with Crippen molar-refractivity contribution >= 4 is 17.5 Å². The van der Waals surface area contributed by atoms with Crippen molar-refractivity contribution in [3.8, 4) is 0 Å². The van der Waals surface area contributed by atoms with Crippen LogP contribution in [0.1, 0.15) is 37.7 Å². The smallest absolute Gasteiger partial charge is 0.270 e. The normalized spacial score (nSPS) is 10.4. The lowest BCUT2D eigenvalue weighted by molar-refractivity contribution is 0.100. The van der Waals surface area contributed by atoms with Crippen molar-refractivity contribution in [2.75, 3.05) is 10.7 Å². The summed E-state index contributed by atoms with van der Waals surface area (Å²) in [5.74, 6) is -0.433. The quantitative estimate of drug-likeness (QED) is 0.748. The molecule has 5 heteroatoms. The van der Waals surface area contributed by atoms with E-state index < -0.39 is 0 Å². The SMILES string of the molecule is Cc1ccccc1C(=O)Nc1cccc(C(=O)Nn2c(C)ccc2C)c1. The Labute approximate surface area is 152 Å². The Morgan fingerprint density at radius 3 is 2.19 bits per heavy atom. The summed E-state index contributed by atoms with van der Waals surface area (Å²) in [6.45, 7) is 5.73. The molecule has 0 aliphatic heterocycles. The predicted molar refractivity (Wildman–Crippen MR) is 103 cm³/mol. The van der Waals surface area contributed by atoms with E-state index in [9.17, 15) is 9.59 Å². The third-order valence-electron chi connectivity index (χ3n) is 4.26. The van der Waals surface area contributed by atoms with E-state index in [1.165, 1.54) is 0 Å². The fourth-order valence-electron chi connectivity index (χ4n) is 2.78. The van der Waals surface area contributed by atoms with E-state index in [2.05, 4.69) is 10.7 Å². The van der Waals surface area contributed by atoms with Gasteiger partial charge in [-0.25, -0.2) is 0 Å². The molecule has 3 rings (SSSR count). The molecule has 0 unspecified atom stereocenters. The van der Waals surface area contributed by atoms with E-state index >= 15 is 0 Å². The van der Waals surface area contributed by atoms with Crippen LogP contribution in [0.15, 0.2) is 60.7 Å². The number of nitrogens with one attached hydrogen (secondary N) is 2. The lowest BCUT2D eigenvalue weighted by atomic mass is 10.1. The molecular formula is C21H21N3O2. The molecule has 0 radical (unpaired) electrons. The van der Waals surface area contributed by atoms with E-state index in [1.54, 1.807) is 35.0 Å². The van der Waals surface area contributed by atoms with Gasteiger partial charge in [0.25, 0.3) is 11.8 Å². The minimum atomic E-state index is -0.237. The molecule has 0 spiro atoms. The number of amides is 2. The van der Waals surface area contributed by atoms with Crippen LogP contribution < -0.4 is 10.7 Å². The molecule has 1 heterocycles. The van der Waals surface area contributed by atoms with Gasteiger partial charge in [0.2, 0.25) is 0 Å². The first kappa shape index (κ1) is 17.5. The van der Waals surface area contributed by atoms with Crippen molar-refractivity contribution in [1.29, 1.82) is 0 Å². The summed E-state index contributed by atoms with van der Waals surface area (Å²) >= 11 is 0. The maximum Gasteiger partial charge on any atom is 0.270 e. The second-order valence-electron chi connectivity index (χ2n) is 6.24. The number of hydrogen-bond donors (Lipinski definition) is 2. The summed E-state index contributed by atoms with van der Waals surface area (Å²) in [5, 5.41) is 2.85. The maximum atomic E-state index is 12.5. The summed E-state index contributed by atoms with van der Waals surface area (Å²) in [5.41, 5.74) is 7.31. The molecule has 0 aliphatic rings. The van der Waals surface area contributed by atoms with E-state index in [0.717, 1.165) is 17.0 Å². The molecule has 0 saturated heterocycles. The first-order valence-electron chi connectivity index (χ1n) is 8.39. The Balaban J connectivity index is 1.77. The summed E-state index contributed by atoms with van der Waals surface area (Å²) < 4.78 is 1.74. The van der Waals surface area contributed by atoms with E-state index in [-0.39, 0.29) is 11.8 Å². The zero-order valence-corrected chi connectivity index (χ0v) is 15.0. The van der Waals surface area contributed by atoms with Crippen molar-refractivity contribution in [2.24, 2.45) is 0 Å². The van der Waals surface area contributed by atoms with Crippen LogP contribution in [0.5, 0.6) is 0 Å². The first-order valence-corrected chi connectivity index (χ1v) is 8.39. The van der Waals surface area contributed by atoms with Gasteiger partial charge in [-0.2, -0.15) is 0 Å². The van der Waals surface area contributed by atoms with Crippen molar-refractivity contribution in [3.63, 3.8) is 0 Å². The van der Waals surface area contributed by atoms with Gasteiger partial charge in [0.15, 0.2) is 0 Å². The second kappa shape index (κ2) is 7.27. The Hall–Kier alpha value is -3.34. The Kier molecular flexibility index (Phi) is 4.89. The molecule has 0 aliphatic carbocycles. The lowest BCUT2D eigenvalue weighted by Crippen LogP contribution is -2.24. The second-order valence-corrected chi connectivity index (χ2v) is 6.24. The highest BCUT2D eigenvalue weighted by molar-refractivity contribution is 6.06. The van der Waals surface area contributed by atoms with E-state index in [0.29, 0.717) is 16.8 Å². The molecule has 0 bridgehead atoms. The predicted octanol–water partition coefficient (Wildman–Crippen LogP) is 4.05. The van der Waals surface area contributed by atoms with Gasteiger partial charge in [-0.05, 0) is 62.7 Å². The number of rotatable bonds is 4. The molecule has 26 heavy (non-hydrogen) atoms. The van der Waals surface area contributed by atoms with Crippen LogP contribution in [0.25, 0.3) is 0 Å². The van der Waals surface area contributed by atoms with Gasteiger partial charge in [0.1, 0.15) is 0 Å². The largest absolute Gasteiger partial charge is 0.322 e. The van der Waals surface area contributed by atoms with Crippen LogP contribution in [-0.4, -0.2) is 16.5 Å². The third-order valence-corrected chi connectivity index (χ3v) is 4.26.